The van der Waals surface area contributed by atoms with Gasteiger partial charge in [-0.1, -0.05) is 32.1 Å². The molecule has 0 saturated carbocycles. The van der Waals surface area contributed by atoms with Crippen LogP contribution in [0.2, 0.25) is 0 Å². The molecule has 1 rings (SSSR count). The summed E-state index contributed by atoms with van der Waals surface area (Å²) in [7, 11) is 0. The number of halogens is 3. The van der Waals surface area contributed by atoms with Crippen molar-refractivity contribution in [3.8, 4) is 0 Å². The van der Waals surface area contributed by atoms with Gasteiger partial charge in [0, 0.05) is 11.0 Å². The molecule has 0 nitrogen and oxygen atoms in total. The number of hydrogen-bond donors (Lipinski definition) is 0. The first-order valence-corrected chi connectivity index (χ1v) is 4.47. The van der Waals surface area contributed by atoms with E-state index in [2.05, 4.69) is 0 Å². The van der Waals surface area contributed by atoms with Crippen LogP contribution in [-0.4, -0.2) is 5.37 Å². The van der Waals surface area contributed by atoms with Gasteiger partial charge < -0.3 is 0 Å². The summed E-state index contributed by atoms with van der Waals surface area (Å²) in [5, 5.41) is 1.32. The molecule has 1 aromatic rings. The Morgan fingerprint density at radius 3 is 2.21 bits per heavy atom. The summed E-state index contributed by atoms with van der Waals surface area (Å²) >= 11 is 4.70. The molecule has 0 aliphatic carbocycles. The molecule has 0 aliphatic heterocycles. The monoisotopic (exact) mass is 218 g/mol. The lowest BCUT2D eigenvalue weighted by Crippen LogP contribution is -2.20. The van der Waals surface area contributed by atoms with Crippen molar-refractivity contribution < 1.29 is 13.2 Å². The van der Waals surface area contributed by atoms with Crippen molar-refractivity contribution in [2.75, 3.05) is 0 Å². The molecule has 0 unspecified atom stereocenters. The Balaban J connectivity index is 3.38. The Bertz CT molecular complexity index is 372. The van der Waals surface area contributed by atoms with E-state index in [-0.39, 0.29) is 5.56 Å². The van der Waals surface area contributed by atoms with Crippen LogP contribution in [0.15, 0.2) is 12.1 Å². The summed E-state index contributed by atoms with van der Waals surface area (Å²) in [6.45, 7) is 3.27. The molecule has 0 aromatic heterocycles. The first kappa shape index (κ1) is 11.2. The van der Waals surface area contributed by atoms with Gasteiger partial charge in [-0.05, 0) is 11.4 Å². The predicted molar refractivity (Wildman–Crippen MR) is 53.0 cm³/mol. The van der Waals surface area contributed by atoms with Crippen LogP contribution < -0.4 is 0 Å². The van der Waals surface area contributed by atoms with E-state index in [1.54, 1.807) is 13.8 Å². The highest BCUT2D eigenvalue weighted by molar-refractivity contribution is 7.79. The van der Waals surface area contributed by atoms with Gasteiger partial charge >= 0.3 is 0 Å². The second kappa shape index (κ2) is 3.69. The Morgan fingerprint density at radius 1 is 1.14 bits per heavy atom. The molecule has 0 fully saturated rings. The molecule has 0 amide bonds. The van der Waals surface area contributed by atoms with Crippen LogP contribution in [0.3, 0.4) is 0 Å². The third-order valence-electron chi connectivity index (χ3n) is 2.02. The van der Waals surface area contributed by atoms with Gasteiger partial charge in [0.2, 0.25) is 0 Å². The van der Waals surface area contributed by atoms with Gasteiger partial charge in [0.15, 0.2) is 17.5 Å². The maximum Gasteiger partial charge on any atom is 0.194 e. The smallest absolute Gasteiger partial charge is 0.194 e. The Kier molecular flexibility index (Phi) is 2.95. The van der Waals surface area contributed by atoms with Crippen LogP contribution in [0.1, 0.15) is 19.4 Å². The number of benzene rings is 1. The van der Waals surface area contributed by atoms with Crippen molar-refractivity contribution in [3.63, 3.8) is 0 Å². The predicted octanol–water partition coefficient (Wildman–Crippen LogP) is 3.38. The normalized spacial score (nSPS) is 11.5. The van der Waals surface area contributed by atoms with Gasteiger partial charge in [0.1, 0.15) is 0 Å². The molecular weight excluding hydrogens is 209 g/mol. The maximum absolute atomic E-state index is 13.3. The van der Waals surface area contributed by atoms with Crippen molar-refractivity contribution in [2.24, 2.45) is 0 Å². The molecule has 0 atom stereocenters. The van der Waals surface area contributed by atoms with Crippen LogP contribution in [0.25, 0.3) is 0 Å². The molecule has 0 spiro atoms. The molecule has 76 valence electrons. The molecule has 1 aromatic carbocycles. The lowest BCUT2D eigenvalue weighted by molar-refractivity contribution is 0.434. The average Bonchev–Trinajstić information content (AvgIpc) is 2.14. The fourth-order valence-electron chi connectivity index (χ4n) is 1.09. The van der Waals surface area contributed by atoms with E-state index >= 15 is 0 Å². The van der Waals surface area contributed by atoms with Crippen molar-refractivity contribution in [2.45, 2.75) is 19.3 Å². The average molecular weight is 218 g/mol. The van der Waals surface area contributed by atoms with Gasteiger partial charge in [-0.2, -0.15) is 0 Å². The zero-order valence-electron chi connectivity index (χ0n) is 7.77. The minimum absolute atomic E-state index is 0.0615. The Hall–Kier alpha value is -0.900. The van der Waals surface area contributed by atoms with Gasteiger partial charge in [-0.3, -0.25) is 0 Å². The highest BCUT2D eigenvalue weighted by Gasteiger charge is 2.24. The summed E-state index contributed by atoms with van der Waals surface area (Å²) in [6.07, 6.45) is 0. The standard InChI is InChI=1S/C10H9F3S/c1-10(2,5-14)6-3-4-7(11)9(13)8(6)12/h3-5H,1-2H3. The zero-order chi connectivity index (χ0) is 10.9. The summed E-state index contributed by atoms with van der Waals surface area (Å²) in [5.74, 6) is -3.81. The summed E-state index contributed by atoms with van der Waals surface area (Å²) < 4.78 is 38.7. The quantitative estimate of drug-likeness (QED) is 0.541. The summed E-state index contributed by atoms with van der Waals surface area (Å²) in [5.41, 5.74) is -0.722. The molecule has 4 heteroatoms. The van der Waals surface area contributed by atoms with Crippen LogP contribution in [-0.2, 0) is 5.41 Å². The van der Waals surface area contributed by atoms with Crippen molar-refractivity contribution in [3.05, 3.63) is 35.1 Å². The van der Waals surface area contributed by atoms with E-state index in [0.717, 1.165) is 6.07 Å². The number of hydrogen-bond acceptors (Lipinski definition) is 1. The fourth-order valence-corrected chi connectivity index (χ4v) is 1.21. The van der Waals surface area contributed by atoms with Crippen LogP contribution in [0.4, 0.5) is 13.2 Å². The van der Waals surface area contributed by atoms with E-state index in [4.69, 9.17) is 12.2 Å². The number of rotatable bonds is 2. The van der Waals surface area contributed by atoms with Crippen LogP contribution >= 0.6 is 12.2 Å². The first-order valence-electron chi connectivity index (χ1n) is 4.00. The molecule has 14 heavy (non-hydrogen) atoms. The highest BCUT2D eigenvalue weighted by Crippen LogP contribution is 2.26. The Labute approximate surface area is 85.7 Å². The van der Waals surface area contributed by atoms with Gasteiger partial charge in [-0.15, -0.1) is 0 Å². The van der Waals surface area contributed by atoms with Gasteiger partial charge in [0.05, 0.1) is 0 Å². The third kappa shape index (κ3) is 1.80. The fraction of sp³-hybridized carbons (Fsp3) is 0.300. The largest absolute Gasteiger partial charge is 0.204 e. The van der Waals surface area contributed by atoms with E-state index in [1.807, 2.05) is 0 Å². The first-order chi connectivity index (χ1) is 6.40. The van der Waals surface area contributed by atoms with E-state index in [9.17, 15) is 13.2 Å². The Morgan fingerprint density at radius 2 is 1.71 bits per heavy atom. The minimum atomic E-state index is -1.45. The van der Waals surface area contributed by atoms with Gasteiger partial charge in [-0.25, -0.2) is 13.2 Å². The van der Waals surface area contributed by atoms with Gasteiger partial charge in [0.25, 0.3) is 0 Å². The molecule has 0 bridgehead atoms. The second-order valence-corrected chi connectivity index (χ2v) is 3.80. The summed E-state index contributed by atoms with van der Waals surface area (Å²) in [6, 6.07) is 2.10. The van der Waals surface area contributed by atoms with Crippen molar-refractivity contribution in [1.29, 1.82) is 0 Å². The molecule has 0 radical (unpaired) electrons. The SMILES string of the molecule is CC(C)(C=S)c1ccc(F)c(F)c1F. The third-order valence-corrected chi connectivity index (χ3v) is 2.61. The molecule has 0 aliphatic rings. The molecule has 0 heterocycles. The van der Waals surface area contributed by atoms with Crippen molar-refractivity contribution in [1.82, 2.24) is 0 Å². The zero-order valence-corrected chi connectivity index (χ0v) is 8.59. The second-order valence-electron chi connectivity index (χ2n) is 3.56. The van der Waals surface area contributed by atoms with Crippen molar-refractivity contribution >= 4 is 17.6 Å². The lowest BCUT2D eigenvalue weighted by Gasteiger charge is -2.20. The summed E-state index contributed by atoms with van der Waals surface area (Å²) in [4.78, 5) is 0. The van der Waals surface area contributed by atoms with Crippen LogP contribution in [0, 0.1) is 17.5 Å². The van der Waals surface area contributed by atoms with E-state index in [0.29, 0.717) is 0 Å². The number of thiocarbonyl (C=S) groups is 1. The molecule has 0 saturated heterocycles. The van der Waals surface area contributed by atoms with E-state index < -0.39 is 22.9 Å². The lowest BCUT2D eigenvalue weighted by atomic mass is 9.86. The van der Waals surface area contributed by atoms with Crippen LogP contribution in [0.5, 0.6) is 0 Å². The highest BCUT2D eigenvalue weighted by atomic mass is 32.1. The topological polar surface area (TPSA) is 0 Å². The molecule has 0 N–H and O–H groups in total. The van der Waals surface area contributed by atoms with E-state index in [1.165, 1.54) is 11.4 Å². The molecular formula is C10H9F3S. The minimum Gasteiger partial charge on any atom is -0.204 e. The maximum atomic E-state index is 13.3.